The van der Waals surface area contributed by atoms with E-state index in [4.69, 9.17) is 9.84 Å². The molecule has 0 aliphatic carbocycles. The van der Waals surface area contributed by atoms with Gasteiger partial charge < -0.3 is 20.3 Å². The summed E-state index contributed by atoms with van der Waals surface area (Å²) < 4.78 is 5.77. The molecule has 3 N–H and O–H groups in total. The molecule has 3 rings (SSSR count). The topological polar surface area (TPSA) is 113 Å². The summed E-state index contributed by atoms with van der Waals surface area (Å²) in [5.74, 6) is -2.60. The molecule has 3 aromatic carbocycles. The minimum absolute atomic E-state index is 0.135. The van der Waals surface area contributed by atoms with Gasteiger partial charge in [0.15, 0.2) is 5.75 Å². The number of carboxylic acids is 2. The summed E-state index contributed by atoms with van der Waals surface area (Å²) in [7, 11) is 0. The standard InChI is InChI=1S/C26H25NO6/c1-2-3-4-7-17-10-12-18(13-11-17)24(28)27-22-8-5-6-9-23(22)33-19-14-15-20(25(29)30)21(16-19)26(31)32/h5-6,8-16H,2-4,7H2,1H3,(H,27,28)(H,29,30)(H,31,32). The molecule has 0 radical (unpaired) electrons. The molecule has 0 aliphatic rings. The maximum absolute atomic E-state index is 12.7. The lowest BCUT2D eigenvalue weighted by Gasteiger charge is -2.13. The molecule has 7 nitrogen and oxygen atoms in total. The number of aromatic carboxylic acids is 2. The van der Waals surface area contributed by atoms with Crippen molar-refractivity contribution < 1.29 is 29.3 Å². The van der Waals surface area contributed by atoms with Crippen LogP contribution in [0.5, 0.6) is 11.5 Å². The van der Waals surface area contributed by atoms with Crippen LogP contribution in [0.1, 0.15) is 62.8 Å². The van der Waals surface area contributed by atoms with Crippen molar-refractivity contribution in [1.29, 1.82) is 0 Å². The van der Waals surface area contributed by atoms with Gasteiger partial charge in [-0.25, -0.2) is 9.59 Å². The van der Waals surface area contributed by atoms with E-state index in [-0.39, 0.29) is 22.8 Å². The second-order valence-corrected chi connectivity index (χ2v) is 7.52. The van der Waals surface area contributed by atoms with Gasteiger partial charge in [0, 0.05) is 5.56 Å². The Labute approximate surface area is 191 Å². The number of anilines is 1. The van der Waals surface area contributed by atoms with E-state index >= 15 is 0 Å². The molecule has 0 saturated heterocycles. The first-order valence-electron chi connectivity index (χ1n) is 10.7. The highest BCUT2D eigenvalue weighted by Gasteiger charge is 2.18. The van der Waals surface area contributed by atoms with Crippen LogP contribution in [0.15, 0.2) is 66.7 Å². The third-order valence-electron chi connectivity index (χ3n) is 5.10. The molecule has 0 atom stereocenters. The van der Waals surface area contributed by atoms with Gasteiger partial charge in [0.05, 0.1) is 16.8 Å². The van der Waals surface area contributed by atoms with Crippen molar-refractivity contribution in [3.63, 3.8) is 0 Å². The molecule has 0 saturated carbocycles. The van der Waals surface area contributed by atoms with Crippen LogP contribution in [0.3, 0.4) is 0 Å². The molecule has 0 spiro atoms. The number of ether oxygens (including phenoxy) is 1. The predicted octanol–water partition coefficient (Wildman–Crippen LogP) is 5.86. The first-order valence-corrected chi connectivity index (χ1v) is 10.7. The van der Waals surface area contributed by atoms with Crippen molar-refractivity contribution in [2.45, 2.75) is 32.6 Å². The number of carbonyl (C=O) groups is 3. The number of rotatable bonds is 10. The van der Waals surface area contributed by atoms with Crippen LogP contribution in [0.4, 0.5) is 5.69 Å². The van der Waals surface area contributed by atoms with Crippen molar-refractivity contribution in [2.75, 3.05) is 5.32 Å². The Morgan fingerprint density at radius 2 is 1.55 bits per heavy atom. The number of carboxylic acid groups (broad SMARTS) is 2. The van der Waals surface area contributed by atoms with Gasteiger partial charge in [-0.05, 0) is 60.9 Å². The van der Waals surface area contributed by atoms with Crippen LogP contribution < -0.4 is 10.1 Å². The van der Waals surface area contributed by atoms with Gasteiger partial charge in [0.2, 0.25) is 0 Å². The third kappa shape index (κ3) is 6.20. The highest BCUT2D eigenvalue weighted by atomic mass is 16.5. The molecule has 0 bridgehead atoms. The second-order valence-electron chi connectivity index (χ2n) is 7.52. The molecule has 1 amide bonds. The van der Waals surface area contributed by atoms with E-state index in [0.29, 0.717) is 17.0 Å². The van der Waals surface area contributed by atoms with Gasteiger partial charge in [0.25, 0.3) is 5.91 Å². The Morgan fingerprint density at radius 3 is 2.21 bits per heavy atom. The van der Waals surface area contributed by atoms with Gasteiger partial charge in [-0.1, -0.05) is 44.0 Å². The number of hydrogen-bond donors (Lipinski definition) is 3. The number of carbonyl (C=O) groups excluding carboxylic acids is 1. The smallest absolute Gasteiger partial charge is 0.336 e. The first kappa shape index (κ1) is 23.5. The zero-order chi connectivity index (χ0) is 23.8. The molecule has 0 unspecified atom stereocenters. The fourth-order valence-corrected chi connectivity index (χ4v) is 3.33. The van der Waals surface area contributed by atoms with E-state index in [1.54, 1.807) is 36.4 Å². The van der Waals surface area contributed by atoms with Gasteiger partial charge in [0.1, 0.15) is 5.75 Å². The van der Waals surface area contributed by atoms with E-state index < -0.39 is 11.9 Å². The highest BCUT2D eigenvalue weighted by molar-refractivity contribution is 6.05. The molecule has 3 aromatic rings. The van der Waals surface area contributed by atoms with Crippen LogP contribution >= 0.6 is 0 Å². The quantitative estimate of drug-likeness (QED) is 0.336. The lowest BCUT2D eigenvalue weighted by molar-refractivity contribution is 0.0651. The molecule has 33 heavy (non-hydrogen) atoms. The number of hydrogen-bond acceptors (Lipinski definition) is 4. The van der Waals surface area contributed by atoms with E-state index in [2.05, 4.69) is 12.2 Å². The number of amides is 1. The summed E-state index contributed by atoms with van der Waals surface area (Å²) in [4.78, 5) is 35.4. The first-order chi connectivity index (χ1) is 15.9. The molecule has 0 aliphatic heterocycles. The summed E-state index contributed by atoms with van der Waals surface area (Å²) in [6, 6.07) is 17.9. The number of nitrogens with one attached hydrogen (secondary N) is 1. The largest absolute Gasteiger partial charge is 0.478 e. The average Bonchev–Trinajstić information content (AvgIpc) is 2.80. The van der Waals surface area contributed by atoms with Gasteiger partial charge in [-0.3, -0.25) is 4.79 Å². The van der Waals surface area contributed by atoms with Crippen molar-refractivity contribution in [1.82, 2.24) is 0 Å². The van der Waals surface area contributed by atoms with Crippen molar-refractivity contribution >= 4 is 23.5 Å². The minimum Gasteiger partial charge on any atom is -0.478 e. The van der Waals surface area contributed by atoms with Crippen LogP contribution in [0.2, 0.25) is 0 Å². The van der Waals surface area contributed by atoms with Crippen molar-refractivity contribution in [3.05, 3.63) is 89.0 Å². The average molecular weight is 447 g/mol. The fourth-order valence-electron chi connectivity index (χ4n) is 3.33. The molecule has 0 fully saturated rings. The van der Waals surface area contributed by atoms with Crippen LogP contribution in [-0.2, 0) is 6.42 Å². The van der Waals surface area contributed by atoms with Gasteiger partial charge in [-0.2, -0.15) is 0 Å². The molecule has 0 heterocycles. The monoisotopic (exact) mass is 447 g/mol. The number of unbranched alkanes of at least 4 members (excludes halogenated alkanes) is 2. The van der Waals surface area contributed by atoms with Crippen LogP contribution in [0, 0.1) is 0 Å². The number of benzene rings is 3. The maximum Gasteiger partial charge on any atom is 0.336 e. The molecule has 7 heteroatoms. The summed E-state index contributed by atoms with van der Waals surface area (Å²) in [6.45, 7) is 2.16. The summed E-state index contributed by atoms with van der Waals surface area (Å²) in [5, 5.41) is 21.3. The second kappa shape index (κ2) is 10.9. The SMILES string of the molecule is CCCCCc1ccc(C(=O)Nc2ccccc2Oc2ccc(C(=O)O)c(C(=O)O)c2)cc1. The molecule has 170 valence electrons. The zero-order valence-electron chi connectivity index (χ0n) is 18.2. The predicted molar refractivity (Wildman–Crippen MR) is 125 cm³/mol. The summed E-state index contributed by atoms with van der Waals surface area (Å²) in [6.07, 6.45) is 4.42. The molecule has 0 aromatic heterocycles. The van der Waals surface area contributed by atoms with Gasteiger partial charge in [-0.15, -0.1) is 0 Å². The van der Waals surface area contributed by atoms with Crippen LogP contribution in [0.25, 0.3) is 0 Å². The van der Waals surface area contributed by atoms with E-state index in [9.17, 15) is 19.5 Å². The number of para-hydroxylation sites is 2. The normalized spacial score (nSPS) is 10.5. The van der Waals surface area contributed by atoms with Gasteiger partial charge >= 0.3 is 11.9 Å². The Kier molecular flexibility index (Phi) is 7.81. The van der Waals surface area contributed by atoms with E-state index in [1.807, 2.05) is 12.1 Å². The summed E-state index contributed by atoms with van der Waals surface area (Å²) in [5.41, 5.74) is 1.36. The Balaban J connectivity index is 1.76. The minimum atomic E-state index is -1.38. The molecular formula is C26H25NO6. The van der Waals surface area contributed by atoms with Crippen molar-refractivity contribution in [3.8, 4) is 11.5 Å². The lowest BCUT2D eigenvalue weighted by Crippen LogP contribution is -2.12. The maximum atomic E-state index is 12.7. The summed E-state index contributed by atoms with van der Waals surface area (Å²) >= 11 is 0. The fraction of sp³-hybridized carbons (Fsp3) is 0.192. The zero-order valence-corrected chi connectivity index (χ0v) is 18.2. The Morgan fingerprint density at radius 1 is 0.848 bits per heavy atom. The Bertz CT molecular complexity index is 1150. The molecular weight excluding hydrogens is 422 g/mol. The van der Waals surface area contributed by atoms with Crippen molar-refractivity contribution in [2.24, 2.45) is 0 Å². The third-order valence-corrected chi connectivity index (χ3v) is 5.10. The van der Waals surface area contributed by atoms with E-state index in [0.717, 1.165) is 25.3 Å². The lowest BCUT2D eigenvalue weighted by atomic mass is 10.1. The van der Waals surface area contributed by atoms with E-state index in [1.165, 1.54) is 24.1 Å². The van der Waals surface area contributed by atoms with Crippen LogP contribution in [-0.4, -0.2) is 28.1 Å². The number of aryl methyl sites for hydroxylation is 1. The Hall–Kier alpha value is -4.13. The highest BCUT2D eigenvalue weighted by Crippen LogP contribution is 2.31.